The van der Waals surface area contributed by atoms with E-state index in [1.165, 1.54) is 29.7 Å². The molecule has 0 spiro atoms. The summed E-state index contributed by atoms with van der Waals surface area (Å²) in [5.74, 6) is 0. The molecule has 0 radical (unpaired) electrons. The van der Waals surface area contributed by atoms with E-state index in [1.54, 1.807) is 0 Å². The Morgan fingerprint density at radius 1 is 1.22 bits per heavy atom. The van der Waals surface area contributed by atoms with Gasteiger partial charge in [0, 0.05) is 49.3 Å². The molecule has 2 atom stereocenters. The van der Waals surface area contributed by atoms with E-state index in [4.69, 9.17) is 0 Å². The number of piperazine rings is 2. The summed E-state index contributed by atoms with van der Waals surface area (Å²) in [5.41, 5.74) is 1.38. The van der Waals surface area contributed by atoms with Gasteiger partial charge >= 0.3 is 0 Å². The van der Waals surface area contributed by atoms with Gasteiger partial charge in [-0.05, 0) is 18.7 Å². The van der Waals surface area contributed by atoms with Crippen molar-refractivity contribution < 1.29 is 0 Å². The summed E-state index contributed by atoms with van der Waals surface area (Å²) in [6.07, 6.45) is 0. The van der Waals surface area contributed by atoms with E-state index >= 15 is 0 Å². The van der Waals surface area contributed by atoms with Gasteiger partial charge in [-0.2, -0.15) is 0 Å². The second kappa shape index (κ2) is 5.29. The zero-order valence-electron chi connectivity index (χ0n) is 10.8. The van der Waals surface area contributed by atoms with Gasteiger partial charge in [0.15, 0.2) is 0 Å². The molecule has 0 saturated carbocycles. The maximum absolute atomic E-state index is 3.70. The van der Waals surface area contributed by atoms with Crippen LogP contribution in [-0.4, -0.2) is 55.6 Å². The molecule has 2 saturated heterocycles. The number of nitrogens with zero attached hydrogens (tertiary/aromatic N) is 2. The van der Waals surface area contributed by atoms with E-state index in [1.807, 2.05) is 0 Å². The Labute approximate surface area is 117 Å². The van der Waals surface area contributed by atoms with Crippen LogP contribution in [0.15, 0.2) is 28.7 Å². The van der Waals surface area contributed by atoms with Crippen molar-refractivity contribution in [2.24, 2.45) is 0 Å². The number of likely N-dealkylation sites (N-methyl/N-ethyl adjacent to an activating group) is 1. The van der Waals surface area contributed by atoms with Crippen LogP contribution >= 0.6 is 15.9 Å². The number of benzene rings is 1. The molecule has 4 heteroatoms. The normalized spacial score (nSPS) is 30.1. The molecule has 1 aromatic rings. The van der Waals surface area contributed by atoms with E-state index in [-0.39, 0.29) is 0 Å². The van der Waals surface area contributed by atoms with Crippen LogP contribution in [0.3, 0.4) is 0 Å². The van der Waals surface area contributed by atoms with Crippen LogP contribution < -0.4 is 5.32 Å². The third kappa shape index (κ3) is 2.48. The molecule has 1 aromatic carbocycles. The summed E-state index contributed by atoms with van der Waals surface area (Å²) in [5, 5.41) is 3.70. The monoisotopic (exact) mass is 309 g/mol. The maximum Gasteiger partial charge on any atom is 0.0461 e. The van der Waals surface area contributed by atoms with E-state index in [2.05, 4.69) is 62.4 Å². The van der Waals surface area contributed by atoms with Crippen molar-refractivity contribution in [3.05, 3.63) is 34.3 Å². The molecule has 2 unspecified atom stereocenters. The van der Waals surface area contributed by atoms with E-state index in [0.717, 1.165) is 13.1 Å². The van der Waals surface area contributed by atoms with Gasteiger partial charge in [0.2, 0.25) is 0 Å². The fourth-order valence-electron chi connectivity index (χ4n) is 3.03. The fourth-order valence-corrected chi connectivity index (χ4v) is 3.59. The summed E-state index contributed by atoms with van der Waals surface area (Å²) in [6, 6.07) is 9.70. The summed E-state index contributed by atoms with van der Waals surface area (Å²) < 4.78 is 1.22. The first-order valence-electron chi connectivity index (χ1n) is 6.64. The molecule has 98 valence electrons. The van der Waals surface area contributed by atoms with Crippen LogP contribution in [-0.2, 0) is 0 Å². The van der Waals surface area contributed by atoms with Crippen LogP contribution in [0.5, 0.6) is 0 Å². The molecule has 1 N–H and O–H groups in total. The van der Waals surface area contributed by atoms with E-state index < -0.39 is 0 Å². The Hall–Kier alpha value is -0.420. The summed E-state index contributed by atoms with van der Waals surface area (Å²) >= 11 is 3.66. The third-order valence-electron chi connectivity index (χ3n) is 4.11. The van der Waals surface area contributed by atoms with Gasteiger partial charge in [-0.25, -0.2) is 0 Å². The van der Waals surface area contributed by atoms with Crippen molar-refractivity contribution in [2.75, 3.05) is 39.8 Å². The number of hydrogen-bond donors (Lipinski definition) is 1. The van der Waals surface area contributed by atoms with Crippen molar-refractivity contribution >= 4 is 15.9 Å². The number of rotatable bonds is 1. The molecule has 0 aliphatic carbocycles. The molecule has 2 heterocycles. The molecule has 2 aliphatic rings. The van der Waals surface area contributed by atoms with Crippen molar-refractivity contribution in [3.63, 3.8) is 0 Å². The van der Waals surface area contributed by atoms with Gasteiger partial charge in [0.1, 0.15) is 0 Å². The fraction of sp³-hybridized carbons (Fsp3) is 0.571. The Balaban J connectivity index is 1.73. The lowest BCUT2D eigenvalue weighted by Gasteiger charge is -2.46. The minimum Gasteiger partial charge on any atom is -0.307 e. The Bertz CT molecular complexity index is 423. The summed E-state index contributed by atoms with van der Waals surface area (Å²) in [4.78, 5) is 5.07. The SMILES string of the molecule is CN1CCN2CC(c3ccccc3Br)NCC2C1. The Kier molecular flexibility index (Phi) is 3.71. The average Bonchev–Trinajstić information content (AvgIpc) is 2.39. The predicted octanol–water partition coefficient (Wildman–Crippen LogP) is 1.71. The van der Waals surface area contributed by atoms with Crippen molar-refractivity contribution in [1.29, 1.82) is 0 Å². The quantitative estimate of drug-likeness (QED) is 0.852. The molecule has 2 fully saturated rings. The van der Waals surface area contributed by atoms with Crippen LogP contribution in [0.1, 0.15) is 11.6 Å². The van der Waals surface area contributed by atoms with E-state index in [0.29, 0.717) is 12.1 Å². The summed E-state index contributed by atoms with van der Waals surface area (Å²) in [7, 11) is 2.22. The largest absolute Gasteiger partial charge is 0.307 e. The van der Waals surface area contributed by atoms with Crippen LogP contribution in [0.4, 0.5) is 0 Å². The number of nitrogens with one attached hydrogen (secondary N) is 1. The third-order valence-corrected chi connectivity index (χ3v) is 4.83. The van der Waals surface area contributed by atoms with Gasteiger partial charge in [-0.1, -0.05) is 34.1 Å². The van der Waals surface area contributed by atoms with Gasteiger partial charge in [0.25, 0.3) is 0 Å². The van der Waals surface area contributed by atoms with Gasteiger partial charge in [-0.15, -0.1) is 0 Å². The predicted molar refractivity (Wildman–Crippen MR) is 77.7 cm³/mol. The van der Waals surface area contributed by atoms with Crippen molar-refractivity contribution in [1.82, 2.24) is 15.1 Å². The lowest BCUT2D eigenvalue weighted by Crippen LogP contribution is -2.61. The maximum atomic E-state index is 3.70. The first-order chi connectivity index (χ1) is 8.74. The molecule has 0 amide bonds. The highest BCUT2D eigenvalue weighted by Gasteiger charge is 2.32. The van der Waals surface area contributed by atoms with Gasteiger partial charge in [0.05, 0.1) is 0 Å². The number of fused-ring (bicyclic) bond motifs is 1. The molecular formula is C14H20BrN3. The topological polar surface area (TPSA) is 18.5 Å². The minimum atomic E-state index is 0.459. The van der Waals surface area contributed by atoms with Crippen LogP contribution in [0, 0.1) is 0 Å². The highest BCUT2D eigenvalue weighted by Crippen LogP contribution is 2.27. The zero-order chi connectivity index (χ0) is 12.5. The molecule has 0 aromatic heterocycles. The second-order valence-corrected chi connectivity index (χ2v) is 6.25. The van der Waals surface area contributed by atoms with Crippen LogP contribution in [0.25, 0.3) is 0 Å². The van der Waals surface area contributed by atoms with Crippen LogP contribution in [0.2, 0.25) is 0 Å². The standard InChI is InChI=1S/C14H20BrN3/c1-17-6-7-18-10-14(16-8-11(18)9-17)12-4-2-3-5-13(12)15/h2-5,11,14,16H,6-10H2,1H3. The number of halogens is 1. The Morgan fingerprint density at radius 3 is 2.89 bits per heavy atom. The minimum absolute atomic E-state index is 0.459. The Morgan fingerprint density at radius 2 is 2.06 bits per heavy atom. The van der Waals surface area contributed by atoms with Gasteiger partial charge < -0.3 is 10.2 Å². The highest BCUT2D eigenvalue weighted by atomic mass is 79.9. The van der Waals surface area contributed by atoms with Crippen molar-refractivity contribution in [3.8, 4) is 0 Å². The van der Waals surface area contributed by atoms with E-state index in [9.17, 15) is 0 Å². The first kappa shape index (κ1) is 12.6. The van der Waals surface area contributed by atoms with Gasteiger partial charge in [-0.3, -0.25) is 4.90 Å². The zero-order valence-corrected chi connectivity index (χ0v) is 12.4. The highest BCUT2D eigenvalue weighted by molar-refractivity contribution is 9.10. The molecule has 3 rings (SSSR count). The lowest BCUT2D eigenvalue weighted by molar-refractivity contribution is 0.0537. The number of hydrogen-bond acceptors (Lipinski definition) is 3. The second-order valence-electron chi connectivity index (χ2n) is 5.39. The molecule has 0 bridgehead atoms. The summed E-state index contributed by atoms with van der Waals surface area (Å²) in [6.45, 7) is 5.80. The molecule has 3 nitrogen and oxygen atoms in total. The molecule has 18 heavy (non-hydrogen) atoms. The van der Waals surface area contributed by atoms with Crippen molar-refractivity contribution in [2.45, 2.75) is 12.1 Å². The molecular weight excluding hydrogens is 290 g/mol. The smallest absolute Gasteiger partial charge is 0.0461 e. The molecule has 2 aliphatic heterocycles. The average molecular weight is 310 g/mol. The first-order valence-corrected chi connectivity index (χ1v) is 7.44. The lowest BCUT2D eigenvalue weighted by atomic mass is 10.0.